The van der Waals surface area contributed by atoms with Gasteiger partial charge in [0, 0.05) is 22.4 Å². The van der Waals surface area contributed by atoms with Crippen LogP contribution in [0, 0.1) is 5.92 Å². The molecule has 1 atom stereocenters. The number of carbonyl (C=O) groups excluding carboxylic acids is 2. The Morgan fingerprint density at radius 3 is 2.56 bits per heavy atom. The van der Waals surface area contributed by atoms with Crippen molar-refractivity contribution in [2.75, 3.05) is 0 Å². The molecule has 1 aromatic carbocycles. The summed E-state index contributed by atoms with van der Waals surface area (Å²) in [5, 5.41) is 0.412. The number of Topliss-reactive ketones (excluding diaryl/α,β-unsaturated/α-hetero) is 2. The van der Waals surface area contributed by atoms with Crippen molar-refractivity contribution in [1.82, 2.24) is 0 Å². The van der Waals surface area contributed by atoms with E-state index in [9.17, 15) is 9.59 Å². The summed E-state index contributed by atoms with van der Waals surface area (Å²) in [6, 6.07) is 5.11. The fourth-order valence-corrected chi connectivity index (χ4v) is 2.25. The van der Waals surface area contributed by atoms with E-state index >= 15 is 0 Å². The van der Waals surface area contributed by atoms with Gasteiger partial charge in [-0.05, 0) is 25.1 Å². The number of hydrogen-bond acceptors (Lipinski definition) is 2. The first-order valence-electron chi connectivity index (χ1n) is 4.90. The third-order valence-electron chi connectivity index (χ3n) is 2.24. The molecular weight excluding hydrogens is 291 g/mol. The van der Waals surface area contributed by atoms with Crippen LogP contribution in [-0.4, -0.2) is 11.6 Å². The van der Waals surface area contributed by atoms with Crippen molar-refractivity contribution < 1.29 is 9.59 Å². The molecule has 0 aliphatic rings. The fourth-order valence-electron chi connectivity index (χ4n) is 1.48. The minimum atomic E-state index is -0.323. The van der Waals surface area contributed by atoms with Gasteiger partial charge in [0.25, 0.3) is 0 Å². The first-order chi connectivity index (χ1) is 7.41. The van der Waals surface area contributed by atoms with Crippen LogP contribution in [0.15, 0.2) is 22.7 Å². The first kappa shape index (κ1) is 13.4. The van der Waals surface area contributed by atoms with Crippen LogP contribution in [-0.2, 0) is 4.79 Å². The predicted molar refractivity (Wildman–Crippen MR) is 67.9 cm³/mol. The van der Waals surface area contributed by atoms with E-state index in [1.807, 2.05) is 0 Å². The Bertz CT molecular complexity index is 429. The van der Waals surface area contributed by atoms with E-state index in [1.165, 1.54) is 6.92 Å². The van der Waals surface area contributed by atoms with Gasteiger partial charge in [0.1, 0.15) is 5.78 Å². The third-order valence-corrected chi connectivity index (χ3v) is 3.04. The molecule has 0 spiro atoms. The zero-order chi connectivity index (χ0) is 12.3. The van der Waals surface area contributed by atoms with Crippen molar-refractivity contribution in [3.05, 3.63) is 33.3 Å². The fraction of sp³-hybridized carbons (Fsp3) is 0.333. The van der Waals surface area contributed by atoms with Crippen LogP contribution in [0.1, 0.15) is 30.6 Å². The SMILES string of the molecule is CC(=O)CC(C)C(=O)c1ccc(Br)cc1Cl. The monoisotopic (exact) mass is 302 g/mol. The highest BCUT2D eigenvalue weighted by molar-refractivity contribution is 9.10. The lowest BCUT2D eigenvalue weighted by atomic mass is 9.95. The largest absolute Gasteiger partial charge is 0.300 e. The van der Waals surface area contributed by atoms with Gasteiger partial charge in [0.05, 0.1) is 5.02 Å². The van der Waals surface area contributed by atoms with Crippen LogP contribution in [0.2, 0.25) is 5.02 Å². The molecule has 0 fully saturated rings. The molecule has 0 amide bonds. The number of carbonyl (C=O) groups is 2. The van der Waals surface area contributed by atoms with Gasteiger partial charge in [0.15, 0.2) is 5.78 Å². The molecule has 0 aliphatic carbocycles. The number of halogens is 2. The van der Waals surface area contributed by atoms with Crippen molar-refractivity contribution in [2.45, 2.75) is 20.3 Å². The average molecular weight is 304 g/mol. The second kappa shape index (κ2) is 5.60. The van der Waals surface area contributed by atoms with Gasteiger partial charge in [-0.25, -0.2) is 0 Å². The molecule has 1 unspecified atom stereocenters. The highest BCUT2D eigenvalue weighted by atomic mass is 79.9. The molecule has 1 rings (SSSR count). The Labute approximate surface area is 108 Å². The number of rotatable bonds is 4. The molecule has 86 valence electrons. The number of ketones is 2. The Hall–Kier alpha value is -0.670. The molecule has 0 aliphatic heterocycles. The van der Waals surface area contributed by atoms with Crippen LogP contribution in [0.25, 0.3) is 0 Å². The lowest BCUT2D eigenvalue weighted by molar-refractivity contribution is -0.117. The summed E-state index contributed by atoms with van der Waals surface area (Å²) in [5.74, 6) is -0.405. The second-order valence-corrected chi connectivity index (χ2v) is 5.12. The summed E-state index contributed by atoms with van der Waals surface area (Å²) in [7, 11) is 0. The molecule has 0 N–H and O–H groups in total. The Morgan fingerprint density at radius 1 is 1.44 bits per heavy atom. The summed E-state index contributed by atoms with van der Waals surface area (Å²) in [6.45, 7) is 3.22. The molecule has 0 saturated carbocycles. The van der Waals surface area contributed by atoms with Gasteiger partial charge >= 0.3 is 0 Å². The van der Waals surface area contributed by atoms with E-state index < -0.39 is 0 Å². The van der Waals surface area contributed by atoms with Crippen LogP contribution in [0.3, 0.4) is 0 Å². The van der Waals surface area contributed by atoms with E-state index in [4.69, 9.17) is 11.6 Å². The zero-order valence-corrected chi connectivity index (χ0v) is 11.4. The van der Waals surface area contributed by atoms with E-state index in [0.717, 1.165) is 4.47 Å². The maximum atomic E-state index is 12.0. The van der Waals surface area contributed by atoms with Gasteiger partial charge in [-0.15, -0.1) is 0 Å². The van der Waals surface area contributed by atoms with Gasteiger partial charge in [-0.3, -0.25) is 4.79 Å². The summed E-state index contributed by atoms with van der Waals surface area (Å²) >= 11 is 9.24. The second-order valence-electron chi connectivity index (χ2n) is 3.80. The van der Waals surface area contributed by atoms with Crippen LogP contribution in [0.5, 0.6) is 0 Å². The molecular formula is C12H12BrClO2. The van der Waals surface area contributed by atoms with E-state index in [0.29, 0.717) is 10.6 Å². The van der Waals surface area contributed by atoms with Crippen molar-refractivity contribution >= 4 is 39.1 Å². The van der Waals surface area contributed by atoms with Crippen LogP contribution >= 0.6 is 27.5 Å². The van der Waals surface area contributed by atoms with Gasteiger partial charge in [0.2, 0.25) is 0 Å². The molecule has 1 aromatic rings. The maximum Gasteiger partial charge on any atom is 0.167 e. The highest BCUT2D eigenvalue weighted by Crippen LogP contribution is 2.24. The Balaban J connectivity index is 2.92. The number of benzene rings is 1. The molecule has 0 saturated heterocycles. The standard InChI is InChI=1S/C12H12BrClO2/c1-7(5-8(2)15)12(16)10-4-3-9(13)6-11(10)14/h3-4,6-7H,5H2,1-2H3. The molecule has 0 heterocycles. The zero-order valence-electron chi connectivity index (χ0n) is 9.09. The van der Waals surface area contributed by atoms with Gasteiger partial charge in [-0.2, -0.15) is 0 Å². The molecule has 0 bridgehead atoms. The van der Waals surface area contributed by atoms with Gasteiger partial charge < -0.3 is 4.79 Å². The number of hydrogen-bond donors (Lipinski definition) is 0. The Morgan fingerprint density at radius 2 is 2.06 bits per heavy atom. The predicted octanol–water partition coefficient (Wildman–Crippen LogP) is 3.90. The quantitative estimate of drug-likeness (QED) is 0.791. The maximum absolute atomic E-state index is 12.0. The summed E-state index contributed by atoms with van der Waals surface area (Å²) < 4.78 is 0.827. The summed E-state index contributed by atoms with van der Waals surface area (Å²) in [6.07, 6.45) is 0.255. The highest BCUT2D eigenvalue weighted by Gasteiger charge is 2.19. The summed E-state index contributed by atoms with van der Waals surface area (Å²) in [5.41, 5.74) is 0.471. The van der Waals surface area contributed by atoms with Crippen LogP contribution < -0.4 is 0 Å². The minimum absolute atomic E-state index is 0.00841. The molecule has 16 heavy (non-hydrogen) atoms. The lowest BCUT2D eigenvalue weighted by Gasteiger charge is -2.09. The molecule has 4 heteroatoms. The molecule has 0 aromatic heterocycles. The van der Waals surface area contributed by atoms with E-state index in [2.05, 4.69) is 15.9 Å². The first-order valence-corrected chi connectivity index (χ1v) is 6.07. The average Bonchev–Trinajstić information content (AvgIpc) is 2.15. The van der Waals surface area contributed by atoms with Crippen LogP contribution in [0.4, 0.5) is 0 Å². The lowest BCUT2D eigenvalue weighted by Crippen LogP contribution is -2.14. The normalized spacial score (nSPS) is 12.2. The molecule has 0 radical (unpaired) electrons. The smallest absolute Gasteiger partial charge is 0.167 e. The van der Waals surface area contributed by atoms with Crippen molar-refractivity contribution in [2.24, 2.45) is 5.92 Å². The minimum Gasteiger partial charge on any atom is -0.300 e. The topological polar surface area (TPSA) is 34.1 Å². The van der Waals surface area contributed by atoms with Crippen molar-refractivity contribution in [1.29, 1.82) is 0 Å². The van der Waals surface area contributed by atoms with Crippen molar-refractivity contribution in [3.8, 4) is 0 Å². The molecule has 2 nitrogen and oxygen atoms in total. The van der Waals surface area contributed by atoms with Gasteiger partial charge in [-0.1, -0.05) is 34.5 Å². The van der Waals surface area contributed by atoms with Crippen molar-refractivity contribution in [3.63, 3.8) is 0 Å². The van der Waals surface area contributed by atoms with E-state index in [-0.39, 0.29) is 23.9 Å². The summed E-state index contributed by atoms with van der Waals surface area (Å²) in [4.78, 5) is 22.9. The van der Waals surface area contributed by atoms with E-state index in [1.54, 1.807) is 25.1 Å². The third kappa shape index (κ3) is 3.42. The Kier molecular flexibility index (Phi) is 4.69.